The standard InChI is InChI=1S/C23H30N2O5/c1-5-12-8-13-11-23(22(27)30-4)19(12)24-7-6-14-15-9-17(28-2)18(29-3)10-16(15)25(20(14)23)21(13)26/h9-10,12-13,19,21,24,26H,5-8,11H2,1-4H3. The van der Waals surface area contributed by atoms with Crippen molar-refractivity contribution >= 4 is 16.9 Å². The highest BCUT2D eigenvalue weighted by Gasteiger charge is 2.62. The summed E-state index contributed by atoms with van der Waals surface area (Å²) in [4.78, 5) is 13.5. The first kappa shape index (κ1) is 19.7. The van der Waals surface area contributed by atoms with Crippen LogP contribution in [-0.4, -0.2) is 49.6 Å². The maximum absolute atomic E-state index is 13.5. The first-order valence-electron chi connectivity index (χ1n) is 10.8. The van der Waals surface area contributed by atoms with E-state index in [1.165, 1.54) is 7.11 Å². The number of hydrogen-bond acceptors (Lipinski definition) is 6. The Morgan fingerprint density at radius 2 is 2.00 bits per heavy atom. The Morgan fingerprint density at radius 1 is 1.27 bits per heavy atom. The van der Waals surface area contributed by atoms with Gasteiger partial charge in [-0.25, -0.2) is 0 Å². The van der Waals surface area contributed by atoms with Crippen LogP contribution in [-0.2, 0) is 21.4 Å². The van der Waals surface area contributed by atoms with E-state index in [1.807, 2.05) is 16.7 Å². The van der Waals surface area contributed by atoms with Gasteiger partial charge in [0.05, 0.1) is 26.8 Å². The normalized spacial score (nSPS) is 31.9. The molecule has 5 rings (SSSR count). The fourth-order valence-electron chi connectivity index (χ4n) is 6.53. The van der Waals surface area contributed by atoms with Crippen molar-refractivity contribution < 1.29 is 24.1 Å². The number of fused-ring (bicyclic) bond motifs is 4. The molecular formula is C23H30N2O5. The molecular weight excluding hydrogens is 384 g/mol. The molecule has 1 aromatic heterocycles. The number of carbonyl (C=O) groups is 1. The smallest absolute Gasteiger partial charge is 0.319 e. The van der Waals surface area contributed by atoms with E-state index in [2.05, 4.69) is 12.2 Å². The van der Waals surface area contributed by atoms with Crippen LogP contribution in [0.5, 0.6) is 11.5 Å². The van der Waals surface area contributed by atoms with Crippen LogP contribution in [0, 0.1) is 11.8 Å². The Balaban J connectivity index is 1.90. The number of aliphatic hydroxyl groups is 1. The number of aliphatic hydroxyl groups excluding tert-OH is 1. The average Bonchev–Trinajstić information content (AvgIpc) is 2.97. The van der Waals surface area contributed by atoms with Crippen molar-refractivity contribution in [2.45, 2.75) is 50.3 Å². The summed E-state index contributed by atoms with van der Waals surface area (Å²) in [6, 6.07) is 3.90. The monoisotopic (exact) mass is 414 g/mol. The maximum Gasteiger partial charge on any atom is 0.319 e. The van der Waals surface area contributed by atoms with E-state index in [0.717, 1.165) is 48.0 Å². The molecule has 1 aliphatic carbocycles. The maximum atomic E-state index is 13.5. The molecule has 2 aliphatic heterocycles. The van der Waals surface area contributed by atoms with Crippen LogP contribution < -0.4 is 14.8 Å². The Morgan fingerprint density at radius 3 is 2.67 bits per heavy atom. The summed E-state index contributed by atoms with van der Waals surface area (Å²) in [5.41, 5.74) is 2.10. The molecule has 0 amide bonds. The molecule has 3 aliphatic rings. The first-order valence-corrected chi connectivity index (χ1v) is 10.8. The summed E-state index contributed by atoms with van der Waals surface area (Å²) in [7, 11) is 4.71. The lowest BCUT2D eigenvalue weighted by molar-refractivity contribution is -0.158. The Bertz CT molecular complexity index is 1010. The molecule has 1 fully saturated rings. The SMILES string of the molecule is CCC1CC2CC3(C(=O)OC)c4c(c5cc(OC)c(OC)cc5n4C2O)CCNC13. The van der Waals surface area contributed by atoms with E-state index in [9.17, 15) is 9.90 Å². The highest BCUT2D eigenvalue weighted by Crippen LogP contribution is 2.57. The van der Waals surface area contributed by atoms with Crippen molar-refractivity contribution in [2.24, 2.45) is 11.8 Å². The lowest BCUT2D eigenvalue weighted by atomic mass is 9.57. The fourth-order valence-corrected chi connectivity index (χ4v) is 6.53. The molecule has 162 valence electrons. The fraction of sp³-hybridized carbons (Fsp3) is 0.609. The van der Waals surface area contributed by atoms with Crippen LogP contribution >= 0.6 is 0 Å². The van der Waals surface area contributed by atoms with Gasteiger partial charge in [0, 0.05) is 29.1 Å². The molecule has 0 saturated heterocycles. The van der Waals surface area contributed by atoms with E-state index >= 15 is 0 Å². The number of hydrogen-bond donors (Lipinski definition) is 2. The number of rotatable bonds is 4. The average molecular weight is 415 g/mol. The summed E-state index contributed by atoms with van der Waals surface area (Å²) in [6.45, 7) is 2.95. The summed E-state index contributed by atoms with van der Waals surface area (Å²) in [5, 5.41) is 16.2. The van der Waals surface area contributed by atoms with Crippen LogP contribution in [0.1, 0.15) is 43.7 Å². The Labute approximate surface area is 176 Å². The van der Waals surface area contributed by atoms with Crippen molar-refractivity contribution in [2.75, 3.05) is 27.9 Å². The number of nitrogens with zero attached hydrogens (tertiary/aromatic N) is 1. The molecule has 0 spiro atoms. The van der Waals surface area contributed by atoms with Crippen LogP contribution in [0.25, 0.3) is 10.9 Å². The van der Waals surface area contributed by atoms with Gasteiger partial charge in [-0.1, -0.05) is 13.3 Å². The van der Waals surface area contributed by atoms with E-state index < -0.39 is 11.6 Å². The van der Waals surface area contributed by atoms with Crippen molar-refractivity contribution in [3.63, 3.8) is 0 Å². The van der Waals surface area contributed by atoms with E-state index in [0.29, 0.717) is 23.8 Å². The van der Waals surface area contributed by atoms with Crippen LogP contribution in [0.4, 0.5) is 0 Å². The predicted molar refractivity (Wildman–Crippen MR) is 112 cm³/mol. The third kappa shape index (κ3) is 2.30. The number of methoxy groups -OCH3 is 3. The van der Waals surface area contributed by atoms with Crippen molar-refractivity contribution in [3.8, 4) is 11.5 Å². The molecule has 2 aromatic rings. The highest BCUT2D eigenvalue weighted by atomic mass is 16.5. The van der Waals surface area contributed by atoms with Crippen LogP contribution in [0.3, 0.4) is 0 Å². The zero-order chi connectivity index (χ0) is 21.2. The lowest BCUT2D eigenvalue weighted by Gasteiger charge is -2.53. The van der Waals surface area contributed by atoms with Gasteiger partial charge >= 0.3 is 5.97 Å². The highest BCUT2D eigenvalue weighted by molar-refractivity contribution is 5.94. The lowest BCUT2D eigenvalue weighted by Crippen LogP contribution is -2.63. The second kappa shape index (κ2) is 6.89. The summed E-state index contributed by atoms with van der Waals surface area (Å²) in [6.07, 6.45) is 2.54. The number of nitrogens with one attached hydrogen (secondary N) is 1. The van der Waals surface area contributed by atoms with Crippen LogP contribution in [0.2, 0.25) is 0 Å². The molecule has 2 N–H and O–H groups in total. The van der Waals surface area contributed by atoms with E-state index in [-0.39, 0.29) is 17.9 Å². The molecule has 5 unspecified atom stereocenters. The zero-order valence-corrected chi connectivity index (χ0v) is 18.0. The number of esters is 1. The van der Waals surface area contributed by atoms with Gasteiger partial charge in [0.25, 0.3) is 0 Å². The second-order valence-corrected chi connectivity index (χ2v) is 8.85. The predicted octanol–water partition coefficient (Wildman–Crippen LogP) is 2.52. The molecule has 7 heteroatoms. The molecule has 0 radical (unpaired) electrons. The Hall–Kier alpha value is -2.25. The second-order valence-electron chi connectivity index (χ2n) is 8.85. The van der Waals surface area contributed by atoms with Gasteiger partial charge in [-0.3, -0.25) is 4.79 Å². The molecule has 3 heterocycles. The zero-order valence-electron chi connectivity index (χ0n) is 18.0. The van der Waals surface area contributed by atoms with Gasteiger partial charge in [0.1, 0.15) is 11.6 Å². The number of benzene rings is 1. The minimum Gasteiger partial charge on any atom is -0.493 e. The Kier molecular flexibility index (Phi) is 4.52. The minimum atomic E-state index is -0.803. The molecule has 30 heavy (non-hydrogen) atoms. The quantitative estimate of drug-likeness (QED) is 0.749. The van der Waals surface area contributed by atoms with Crippen LogP contribution in [0.15, 0.2) is 12.1 Å². The molecule has 1 aromatic carbocycles. The number of ether oxygens (including phenoxy) is 3. The third-order valence-corrected chi connectivity index (χ3v) is 7.73. The van der Waals surface area contributed by atoms with Gasteiger partial charge in [-0.2, -0.15) is 0 Å². The number of carbonyl (C=O) groups excluding carboxylic acids is 1. The van der Waals surface area contributed by atoms with E-state index in [1.54, 1.807) is 14.2 Å². The molecule has 1 saturated carbocycles. The number of aromatic nitrogens is 1. The van der Waals surface area contributed by atoms with Gasteiger partial charge < -0.3 is 29.2 Å². The van der Waals surface area contributed by atoms with Gasteiger partial charge in [-0.05, 0) is 43.4 Å². The molecule has 7 nitrogen and oxygen atoms in total. The first-order chi connectivity index (χ1) is 14.5. The summed E-state index contributed by atoms with van der Waals surface area (Å²) < 4.78 is 18.5. The van der Waals surface area contributed by atoms with Gasteiger partial charge in [0.15, 0.2) is 11.5 Å². The molecule has 5 atom stereocenters. The van der Waals surface area contributed by atoms with Crippen molar-refractivity contribution in [3.05, 3.63) is 23.4 Å². The summed E-state index contributed by atoms with van der Waals surface area (Å²) in [5.74, 6) is 1.36. The third-order valence-electron chi connectivity index (χ3n) is 7.73. The minimum absolute atomic E-state index is 0.00533. The largest absolute Gasteiger partial charge is 0.493 e. The van der Waals surface area contributed by atoms with Crippen molar-refractivity contribution in [1.82, 2.24) is 9.88 Å². The molecule has 2 bridgehead atoms. The topological polar surface area (TPSA) is 82.0 Å². The summed E-state index contributed by atoms with van der Waals surface area (Å²) >= 11 is 0. The van der Waals surface area contributed by atoms with Gasteiger partial charge in [0.2, 0.25) is 0 Å². The van der Waals surface area contributed by atoms with Crippen molar-refractivity contribution in [1.29, 1.82) is 0 Å². The van der Waals surface area contributed by atoms with Gasteiger partial charge in [-0.15, -0.1) is 0 Å². The van der Waals surface area contributed by atoms with E-state index in [4.69, 9.17) is 14.2 Å².